The van der Waals surface area contributed by atoms with Gasteiger partial charge in [-0.2, -0.15) is 0 Å². The molecular formula is C29H34ClN3O4S. The zero-order valence-corrected chi connectivity index (χ0v) is 23.5. The first-order chi connectivity index (χ1) is 18.1. The topological polar surface area (TPSA) is 86.8 Å². The molecule has 0 fully saturated rings. The van der Waals surface area contributed by atoms with E-state index < -0.39 is 28.5 Å². The summed E-state index contributed by atoms with van der Waals surface area (Å²) in [6, 6.07) is 23.1. The van der Waals surface area contributed by atoms with E-state index in [1.807, 2.05) is 44.2 Å². The van der Waals surface area contributed by atoms with Crippen molar-refractivity contribution in [3.05, 3.63) is 95.5 Å². The number of nitrogens with one attached hydrogen (secondary N) is 1. The number of sulfonamides is 1. The first-order valence-electron chi connectivity index (χ1n) is 12.5. The lowest BCUT2D eigenvalue weighted by Crippen LogP contribution is -2.52. The van der Waals surface area contributed by atoms with Crippen molar-refractivity contribution in [2.75, 3.05) is 23.9 Å². The van der Waals surface area contributed by atoms with Crippen molar-refractivity contribution in [1.29, 1.82) is 0 Å². The maximum atomic E-state index is 13.8. The molecule has 9 heteroatoms. The van der Waals surface area contributed by atoms with E-state index in [1.54, 1.807) is 37.3 Å². The molecule has 1 N–H and O–H groups in total. The number of halogens is 1. The number of hydrogen-bond donors (Lipinski definition) is 1. The van der Waals surface area contributed by atoms with E-state index in [-0.39, 0.29) is 23.3 Å². The van der Waals surface area contributed by atoms with E-state index in [9.17, 15) is 18.0 Å². The van der Waals surface area contributed by atoms with Crippen molar-refractivity contribution in [3.8, 4) is 0 Å². The molecule has 7 nitrogen and oxygen atoms in total. The number of hydrogen-bond acceptors (Lipinski definition) is 4. The van der Waals surface area contributed by atoms with Crippen LogP contribution in [0.4, 0.5) is 5.69 Å². The van der Waals surface area contributed by atoms with Crippen LogP contribution in [0, 0.1) is 5.92 Å². The Hall–Kier alpha value is -3.36. The Morgan fingerprint density at radius 3 is 2.03 bits per heavy atom. The Morgan fingerprint density at radius 1 is 0.868 bits per heavy atom. The minimum Gasteiger partial charge on any atom is -0.354 e. The molecule has 0 aliphatic heterocycles. The second-order valence-electron chi connectivity index (χ2n) is 9.44. The van der Waals surface area contributed by atoms with Gasteiger partial charge in [-0.1, -0.05) is 74.0 Å². The Labute approximate surface area is 230 Å². The van der Waals surface area contributed by atoms with Crippen molar-refractivity contribution in [2.45, 2.75) is 38.1 Å². The summed E-state index contributed by atoms with van der Waals surface area (Å²) in [6.45, 7) is 5.91. The Bertz CT molecular complexity index is 1300. The molecule has 3 aromatic carbocycles. The Balaban J connectivity index is 1.93. The van der Waals surface area contributed by atoms with E-state index in [1.165, 1.54) is 29.2 Å². The number of amides is 2. The van der Waals surface area contributed by atoms with Crippen LogP contribution in [0.15, 0.2) is 89.8 Å². The zero-order chi connectivity index (χ0) is 27.7. The van der Waals surface area contributed by atoms with Gasteiger partial charge < -0.3 is 10.2 Å². The summed E-state index contributed by atoms with van der Waals surface area (Å²) in [4.78, 5) is 28.2. The van der Waals surface area contributed by atoms with Crippen molar-refractivity contribution in [2.24, 2.45) is 5.92 Å². The molecule has 0 unspecified atom stereocenters. The fraction of sp³-hybridized carbons (Fsp3) is 0.310. The summed E-state index contributed by atoms with van der Waals surface area (Å²) in [6.07, 6.45) is 0.518. The lowest BCUT2D eigenvalue weighted by Gasteiger charge is -2.32. The Kier molecular flexibility index (Phi) is 10.3. The fourth-order valence-electron chi connectivity index (χ4n) is 3.88. The van der Waals surface area contributed by atoms with Crippen molar-refractivity contribution in [3.63, 3.8) is 0 Å². The normalized spacial score (nSPS) is 12.1. The van der Waals surface area contributed by atoms with Crippen molar-refractivity contribution in [1.82, 2.24) is 10.2 Å². The molecule has 3 rings (SSSR count). The number of anilines is 1. The first-order valence-corrected chi connectivity index (χ1v) is 14.4. The van der Waals surface area contributed by atoms with Gasteiger partial charge >= 0.3 is 0 Å². The second-order valence-corrected chi connectivity index (χ2v) is 11.7. The van der Waals surface area contributed by atoms with E-state index in [0.717, 1.165) is 9.87 Å². The maximum absolute atomic E-state index is 13.8. The molecule has 0 aliphatic rings. The average Bonchev–Trinajstić information content (AvgIpc) is 2.91. The first kappa shape index (κ1) is 29.2. The van der Waals surface area contributed by atoms with Gasteiger partial charge in [-0.3, -0.25) is 13.9 Å². The van der Waals surface area contributed by atoms with Gasteiger partial charge in [0, 0.05) is 18.1 Å². The molecule has 1 atom stereocenters. The quantitative estimate of drug-likeness (QED) is 0.349. The summed E-state index contributed by atoms with van der Waals surface area (Å²) in [5, 5.41) is 3.29. The van der Waals surface area contributed by atoms with Crippen LogP contribution >= 0.6 is 11.6 Å². The Morgan fingerprint density at radius 2 is 1.45 bits per heavy atom. The predicted octanol–water partition coefficient (Wildman–Crippen LogP) is 4.77. The third kappa shape index (κ3) is 7.82. The lowest BCUT2D eigenvalue weighted by atomic mass is 10.1. The summed E-state index contributed by atoms with van der Waals surface area (Å²) in [7, 11) is -4.11. The second kappa shape index (κ2) is 13.4. The summed E-state index contributed by atoms with van der Waals surface area (Å²) >= 11 is 5.97. The molecule has 0 radical (unpaired) electrons. The molecule has 0 heterocycles. The maximum Gasteiger partial charge on any atom is 0.264 e. The highest BCUT2D eigenvalue weighted by atomic mass is 35.5. The molecule has 0 aliphatic carbocycles. The molecule has 2 amide bonds. The van der Waals surface area contributed by atoms with Gasteiger partial charge in [-0.05, 0) is 61.2 Å². The van der Waals surface area contributed by atoms with Gasteiger partial charge in [0.25, 0.3) is 10.0 Å². The monoisotopic (exact) mass is 555 g/mol. The van der Waals surface area contributed by atoms with Crippen LogP contribution in [0.2, 0.25) is 5.02 Å². The average molecular weight is 556 g/mol. The van der Waals surface area contributed by atoms with Crippen LogP contribution in [0.3, 0.4) is 0 Å². The number of benzene rings is 3. The minimum atomic E-state index is -4.11. The number of rotatable bonds is 12. The minimum absolute atomic E-state index is 0.0112. The van der Waals surface area contributed by atoms with Crippen LogP contribution in [0.1, 0.15) is 26.3 Å². The number of nitrogens with zero attached hydrogens (tertiary/aromatic N) is 2. The molecule has 0 aromatic heterocycles. The van der Waals surface area contributed by atoms with E-state index in [4.69, 9.17) is 11.6 Å². The highest BCUT2D eigenvalue weighted by molar-refractivity contribution is 7.92. The zero-order valence-electron chi connectivity index (χ0n) is 21.9. The fourth-order valence-corrected chi connectivity index (χ4v) is 5.42. The van der Waals surface area contributed by atoms with Crippen LogP contribution < -0.4 is 9.62 Å². The summed E-state index contributed by atoms with van der Waals surface area (Å²) in [5.74, 6) is -0.515. The molecule has 0 saturated heterocycles. The molecular weight excluding hydrogens is 522 g/mol. The molecule has 0 saturated carbocycles. The number of carbonyl (C=O) groups excluding carboxylic acids is 2. The van der Waals surface area contributed by atoms with E-state index >= 15 is 0 Å². The van der Waals surface area contributed by atoms with Gasteiger partial charge in [0.2, 0.25) is 11.8 Å². The highest BCUT2D eigenvalue weighted by Gasteiger charge is 2.32. The van der Waals surface area contributed by atoms with Crippen LogP contribution in [-0.2, 0) is 26.0 Å². The third-order valence-electron chi connectivity index (χ3n) is 6.06. The predicted molar refractivity (Wildman–Crippen MR) is 152 cm³/mol. The van der Waals surface area contributed by atoms with Gasteiger partial charge in [-0.15, -0.1) is 0 Å². The molecule has 0 bridgehead atoms. The number of para-hydroxylation sites is 1. The van der Waals surface area contributed by atoms with Gasteiger partial charge in [0.05, 0.1) is 10.6 Å². The van der Waals surface area contributed by atoms with Crippen LogP contribution in [0.5, 0.6) is 0 Å². The number of carbonyl (C=O) groups is 2. The lowest BCUT2D eigenvalue weighted by molar-refractivity contribution is -0.138. The van der Waals surface area contributed by atoms with Crippen molar-refractivity contribution >= 4 is 39.1 Å². The molecule has 38 heavy (non-hydrogen) atoms. The summed E-state index contributed by atoms with van der Waals surface area (Å²) in [5.41, 5.74) is 1.35. The van der Waals surface area contributed by atoms with Gasteiger partial charge in [0.15, 0.2) is 0 Å². The highest BCUT2D eigenvalue weighted by Crippen LogP contribution is 2.25. The van der Waals surface area contributed by atoms with E-state index in [0.29, 0.717) is 23.7 Å². The largest absolute Gasteiger partial charge is 0.354 e. The van der Waals surface area contributed by atoms with E-state index in [2.05, 4.69) is 5.32 Å². The van der Waals surface area contributed by atoms with Gasteiger partial charge in [-0.25, -0.2) is 8.42 Å². The molecule has 0 spiro atoms. The molecule has 202 valence electrons. The smallest absolute Gasteiger partial charge is 0.264 e. The van der Waals surface area contributed by atoms with Crippen LogP contribution in [-0.4, -0.2) is 50.8 Å². The van der Waals surface area contributed by atoms with Crippen LogP contribution in [0.25, 0.3) is 0 Å². The van der Waals surface area contributed by atoms with Crippen molar-refractivity contribution < 1.29 is 18.0 Å². The summed E-state index contributed by atoms with van der Waals surface area (Å²) < 4.78 is 28.5. The standard InChI is InChI=1S/C29H34ClN3O4S/c1-22(2)20-31-29(35)23(3)32(19-18-24-10-6-4-7-11-24)28(34)21-33(26-12-8-5-9-13-26)38(36,37)27-16-14-25(30)15-17-27/h4-17,22-23H,18-21H2,1-3H3,(H,31,35)/t23-/m0/s1. The molecule has 3 aromatic rings. The third-order valence-corrected chi connectivity index (χ3v) is 8.10. The van der Waals surface area contributed by atoms with Gasteiger partial charge in [0.1, 0.15) is 12.6 Å². The SMILES string of the molecule is CC(C)CNC(=O)[C@H](C)N(CCc1ccccc1)C(=O)CN(c1ccccc1)S(=O)(=O)c1ccc(Cl)cc1.